The van der Waals surface area contributed by atoms with E-state index in [1.165, 1.54) is 12.1 Å². The molecule has 6 heteroatoms. The van der Waals surface area contributed by atoms with Crippen molar-refractivity contribution in [2.24, 2.45) is 0 Å². The number of nitrogens with one attached hydrogen (secondary N) is 1. The van der Waals surface area contributed by atoms with Gasteiger partial charge in [-0.25, -0.2) is 4.39 Å². The molecule has 2 aromatic rings. The Hall–Kier alpha value is -2.21. The summed E-state index contributed by atoms with van der Waals surface area (Å²) in [6, 6.07) is 7.38. The van der Waals surface area contributed by atoms with Crippen LogP contribution in [0.5, 0.6) is 0 Å². The molecule has 0 unspecified atom stereocenters. The van der Waals surface area contributed by atoms with E-state index in [4.69, 9.17) is 0 Å². The van der Waals surface area contributed by atoms with E-state index in [1.54, 1.807) is 6.20 Å². The Balaban J connectivity index is 1.40. The Morgan fingerprint density at radius 3 is 3.04 bits per heavy atom. The lowest BCUT2D eigenvalue weighted by molar-refractivity contribution is -0.132. The molecule has 5 nitrogen and oxygen atoms in total. The zero-order valence-electron chi connectivity index (χ0n) is 15.1. The van der Waals surface area contributed by atoms with Crippen LogP contribution in [0.25, 0.3) is 10.9 Å². The van der Waals surface area contributed by atoms with Crippen LogP contribution in [0.2, 0.25) is 0 Å². The van der Waals surface area contributed by atoms with Crippen molar-refractivity contribution in [3.05, 3.63) is 36.3 Å². The molecule has 0 aliphatic carbocycles. The van der Waals surface area contributed by atoms with Crippen LogP contribution >= 0.6 is 0 Å². The molecule has 3 heterocycles. The second-order valence-electron chi connectivity index (χ2n) is 7.47. The molecule has 2 atom stereocenters. The number of fused-ring (bicyclic) bond motifs is 1. The first-order valence-corrected chi connectivity index (χ1v) is 9.43. The van der Waals surface area contributed by atoms with E-state index < -0.39 is 0 Å². The molecular formula is C20H25FN4O. The van der Waals surface area contributed by atoms with Crippen LogP contribution in [0.4, 0.5) is 10.1 Å². The van der Waals surface area contributed by atoms with Crippen molar-refractivity contribution in [2.45, 2.75) is 38.3 Å². The molecule has 0 saturated carbocycles. The third-order valence-electron chi connectivity index (χ3n) is 5.55. The topological polar surface area (TPSA) is 48.5 Å². The number of aromatic nitrogens is 1. The van der Waals surface area contributed by atoms with Gasteiger partial charge in [-0.2, -0.15) is 0 Å². The number of likely N-dealkylation sites (tertiary alicyclic amines) is 2. The highest BCUT2D eigenvalue weighted by Gasteiger charge is 2.29. The van der Waals surface area contributed by atoms with Crippen LogP contribution in [0, 0.1) is 5.82 Å². The second-order valence-corrected chi connectivity index (χ2v) is 7.47. The zero-order valence-corrected chi connectivity index (χ0v) is 15.1. The van der Waals surface area contributed by atoms with E-state index in [-0.39, 0.29) is 17.8 Å². The average Bonchev–Trinajstić information content (AvgIpc) is 3.23. The monoisotopic (exact) mass is 356 g/mol. The summed E-state index contributed by atoms with van der Waals surface area (Å²) >= 11 is 0. The summed E-state index contributed by atoms with van der Waals surface area (Å²) in [5.41, 5.74) is 1.43. The molecule has 1 aromatic heterocycles. The second kappa shape index (κ2) is 7.19. The van der Waals surface area contributed by atoms with Crippen molar-refractivity contribution in [2.75, 3.05) is 31.5 Å². The van der Waals surface area contributed by atoms with E-state index in [0.29, 0.717) is 18.1 Å². The fourth-order valence-corrected chi connectivity index (χ4v) is 4.17. The Labute approximate surface area is 153 Å². The lowest BCUT2D eigenvalue weighted by atomic mass is 10.1. The molecular weight excluding hydrogens is 331 g/mol. The summed E-state index contributed by atoms with van der Waals surface area (Å²) < 4.78 is 13.9. The molecule has 0 spiro atoms. The van der Waals surface area contributed by atoms with E-state index >= 15 is 0 Å². The molecule has 26 heavy (non-hydrogen) atoms. The fraction of sp³-hybridized carbons (Fsp3) is 0.500. The van der Waals surface area contributed by atoms with Crippen LogP contribution in [0.3, 0.4) is 0 Å². The van der Waals surface area contributed by atoms with Crippen molar-refractivity contribution in [1.29, 1.82) is 0 Å². The van der Waals surface area contributed by atoms with E-state index in [0.717, 1.165) is 50.0 Å². The highest BCUT2D eigenvalue weighted by molar-refractivity contribution is 5.91. The Morgan fingerprint density at radius 2 is 2.23 bits per heavy atom. The van der Waals surface area contributed by atoms with Gasteiger partial charge in [0.05, 0.1) is 12.1 Å². The first-order chi connectivity index (χ1) is 12.6. The Bertz CT molecular complexity index is 811. The highest BCUT2D eigenvalue weighted by Crippen LogP contribution is 2.26. The Morgan fingerprint density at radius 1 is 1.35 bits per heavy atom. The average molecular weight is 356 g/mol. The maximum atomic E-state index is 13.9. The van der Waals surface area contributed by atoms with Crippen molar-refractivity contribution in [3.8, 4) is 0 Å². The summed E-state index contributed by atoms with van der Waals surface area (Å²) in [5, 5.41) is 4.38. The van der Waals surface area contributed by atoms with Crippen LogP contribution < -0.4 is 5.32 Å². The number of rotatable bonds is 4. The molecule has 1 aromatic carbocycles. The minimum Gasteiger partial charge on any atom is -0.380 e. The number of anilines is 1. The van der Waals surface area contributed by atoms with Gasteiger partial charge in [-0.3, -0.25) is 14.7 Å². The standard InChI is InChI=1S/C20H25FN4O/c1-14-4-3-8-25(14)20(26)13-24-9-6-16(12-24)23-19-11-15(21)10-18-17(19)5-2-7-22-18/h2,5,7,10-11,14,16,23H,3-4,6,8-9,12-13H2,1H3/t14-,16+/m1/s1. The lowest BCUT2D eigenvalue weighted by Crippen LogP contribution is -2.41. The predicted octanol–water partition coefficient (Wildman–Crippen LogP) is 2.87. The number of carbonyl (C=O) groups excluding carboxylic acids is 1. The number of pyridine rings is 1. The minimum absolute atomic E-state index is 0.212. The molecule has 2 aliphatic heterocycles. The van der Waals surface area contributed by atoms with Gasteiger partial charge in [-0.1, -0.05) is 0 Å². The molecule has 2 fully saturated rings. The third kappa shape index (κ3) is 3.51. The van der Waals surface area contributed by atoms with Crippen LogP contribution in [0.15, 0.2) is 30.5 Å². The first-order valence-electron chi connectivity index (χ1n) is 9.43. The van der Waals surface area contributed by atoms with Gasteiger partial charge in [0, 0.05) is 55.1 Å². The minimum atomic E-state index is -0.285. The van der Waals surface area contributed by atoms with Gasteiger partial charge in [0.2, 0.25) is 5.91 Å². The maximum absolute atomic E-state index is 13.9. The number of hydrogen-bond donors (Lipinski definition) is 1. The molecule has 0 bridgehead atoms. The lowest BCUT2D eigenvalue weighted by Gasteiger charge is -2.25. The van der Waals surface area contributed by atoms with Gasteiger partial charge in [0.15, 0.2) is 0 Å². The van der Waals surface area contributed by atoms with Gasteiger partial charge in [-0.15, -0.1) is 0 Å². The molecule has 0 radical (unpaired) electrons. The van der Waals surface area contributed by atoms with Gasteiger partial charge in [-0.05, 0) is 44.4 Å². The van der Waals surface area contributed by atoms with Gasteiger partial charge in [0.1, 0.15) is 5.82 Å². The fourth-order valence-electron chi connectivity index (χ4n) is 4.17. The molecule has 2 saturated heterocycles. The maximum Gasteiger partial charge on any atom is 0.236 e. The van der Waals surface area contributed by atoms with Gasteiger partial charge in [0.25, 0.3) is 0 Å². The molecule has 1 N–H and O–H groups in total. The molecule has 4 rings (SSSR count). The molecule has 2 aliphatic rings. The summed E-state index contributed by atoms with van der Waals surface area (Å²) in [6.45, 7) is 5.18. The van der Waals surface area contributed by atoms with Gasteiger partial charge < -0.3 is 10.2 Å². The number of hydrogen-bond acceptors (Lipinski definition) is 4. The van der Waals surface area contributed by atoms with E-state index in [2.05, 4.69) is 22.1 Å². The van der Waals surface area contributed by atoms with Crippen molar-refractivity contribution in [3.63, 3.8) is 0 Å². The summed E-state index contributed by atoms with van der Waals surface area (Å²) in [6.07, 6.45) is 4.84. The number of nitrogens with zero attached hydrogens (tertiary/aromatic N) is 3. The SMILES string of the molecule is C[C@@H]1CCCN1C(=O)CN1CC[C@H](Nc2cc(F)cc3ncccc23)C1. The number of benzene rings is 1. The summed E-state index contributed by atoms with van der Waals surface area (Å²) in [7, 11) is 0. The number of amides is 1. The zero-order chi connectivity index (χ0) is 18.1. The number of halogens is 1. The highest BCUT2D eigenvalue weighted by atomic mass is 19.1. The Kier molecular flexibility index (Phi) is 4.76. The van der Waals surface area contributed by atoms with Crippen LogP contribution in [-0.4, -0.2) is 59.0 Å². The van der Waals surface area contributed by atoms with Crippen molar-refractivity contribution >= 4 is 22.5 Å². The van der Waals surface area contributed by atoms with Crippen molar-refractivity contribution < 1.29 is 9.18 Å². The normalized spacial score (nSPS) is 23.7. The quantitative estimate of drug-likeness (QED) is 0.915. The smallest absolute Gasteiger partial charge is 0.236 e. The third-order valence-corrected chi connectivity index (χ3v) is 5.55. The first kappa shape index (κ1) is 17.2. The van der Waals surface area contributed by atoms with Gasteiger partial charge >= 0.3 is 0 Å². The number of carbonyl (C=O) groups is 1. The van der Waals surface area contributed by atoms with Crippen molar-refractivity contribution in [1.82, 2.24) is 14.8 Å². The van der Waals surface area contributed by atoms with E-state index in [9.17, 15) is 9.18 Å². The summed E-state index contributed by atoms with van der Waals surface area (Å²) in [5.74, 6) is -0.0530. The predicted molar refractivity (Wildman–Crippen MR) is 101 cm³/mol. The largest absolute Gasteiger partial charge is 0.380 e. The van der Waals surface area contributed by atoms with Crippen LogP contribution in [0.1, 0.15) is 26.2 Å². The van der Waals surface area contributed by atoms with E-state index in [1.807, 2.05) is 17.0 Å². The van der Waals surface area contributed by atoms with Crippen LogP contribution in [-0.2, 0) is 4.79 Å². The molecule has 138 valence electrons. The summed E-state index contributed by atoms with van der Waals surface area (Å²) in [4.78, 5) is 20.9. The molecule has 1 amide bonds.